The van der Waals surface area contributed by atoms with Gasteiger partial charge in [0.25, 0.3) is 5.91 Å². The van der Waals surface area contributed by atoms with Crippen molar-refractivity contribution in [2.45, 2.75) is 6.42 Å². The average Bonchev–Trinajstić information content (AvgIpc) is 2.82. The van der Waals surface area contributed by atoms with Crippen molar-refractivity contribution in [2.75, 3.05) is 45.6 Å². The number of nitrogen functional groups attached to an aromatic ring is 1. The predicted octanol–water partition coefficient (Wildman–Crippen LogP) is 4.65. The van der Waals surface area contributed by atoms with Crippen LogP contribution in [0, 0.1) is 0 Å². The van der Waals surface area contributed by atoms with Gasteiger partial charge in [-0.25, -0.2) is 4.98 Å². The molecule has 2 N–H and O–H groups in total. The molecule has 3 aromatic rings. The summed E-state index contributed by atoms with van der Waals surface area (Å²) in [5.41, 5.74) is 9.32. The molecule has 2 heterocycles. The van der Waals surface area contributed by atoms with Crippen LogP contribution in [0.15, 0.2) is 54.7 Å². The number of nitrogens with zero attached hydrogens (tertiary/aromatic N) is 3. The number of carbonyl (C=O) groups is 1. The molecule has 0 radical (unpaired) electrons. The topological polar surface area (TPSA) is 71.7 Å². The number of halogens is 2. The predicted molar refractivity (Wildman–Crippen MR) is 133 cm³/mol. The fraction of sp³-hybridized carbons (Fsp3) is 0.280. The second-order valence-corrected chi connectivity index (χ2v) is 8.89. The molecule has 0 aliphatic carbocycles. The van der Waals surface area contributed by atoms with Crippen molar-refractivity contribution >= 4 is 34.9 Å². The average molecular weight is 485 g/mol. The molecular formula is C25H26Cl2N4O2. The van der Waals surface area contributed by atoms with Crippen LogP contribution in [-0.4, -0.2) is 60.5 Å². The number of piperazine rings is 1. The van der Waals surface area contributed by atoms with Crippen LogP contribution in [0.25, 0.3) is 11.1 Å². The van der Waals surface area contributed by atoms with Crippen molar-refractivity contribution in [1.82, 2.24) is 14.8 Å². The van der Waals surface area contributed by atoms with Gasteiger partial charge >= 0.3 is 0 Å². The van der Waals surface area contributed by atoms with Gasteiger partial charge in [0.15, 0.2) is 11.6 Å². The quantitative estimate of drug-likeness (QED) is 0.551. The third-order valence-corrected chi connectivity index (χ3v) is 6.52. The van der Waals surface area contributed by atoms with Crippen molar-refractivity contribution in [3.63, 3.8) is 0 Å². The highest BCUT2D eigenvalue weighted by Crippen LogP contribution is 2.29. The summed E-state index contributed by atoms with van der Waals surface area (Å²) in [5, 5.41) is 1.22. The molecule has 0 bridgehead atoms. The van der Waals surface area contributed by atoms with Gasteiger partial charge < -0.3 is 20.3 Å². The molecule has 0 spiro atoms. The Morgan fingerprint density at radius 3 is 2.36 bits per heavy atom. The van der Waals surface area contributed by atoms with Crippen LogP contribution in [0.2, 0.25) is 10.0 Å². The number of pyridine rings is 1. The first-order valence-corrected chi connectivity index (χ1v) is 11.6. The summed E-state index contributed by atoms with van der Waals surface area (Å²) < 4.78 is 5.89. The second-order valence-electron chi connectivity index (χ2n) is 8.08. The van der Waals surface area contributed by atoms with Crippen LogP contribution in [0.3, 0.4) is 0 Å². The third kappa shape index (κ3) is 5.58. The Kier molecular flexibility index (Phi) is 7.38. The first-order chi connectivity index (χ1) is 15.9. The smallest absolute Gasteiger partial charge is 0.253 e. The van der Waals surface area contributed by atoms with E-state index in [4.69, 9.17) is 33.7 Å². The van der Waals surface area contributed by atoms with Crippen molar-refractivity contribution < 1.29 is 9.53 Å². The normalized spacial score (nSPS) is 14.3. The molecule has 0 unspecified atom stereocenters. The highest BCUT2D eigenvalue weighted by atomic mass is 35.5. The van der Waals surface area contributed by atoms with E-state index in [-0.39, 0.29) is 5.91 Å². The van der Waals surface area contributed by atoms with Crippen LogP contribution in [0.4, 0.5) is 5.82 Å². The van der Waals surface area contributed by atoms with E-state index >= 15 is 0 Å². The molecule has 1 aliphatic rings. The molecule has 1 fully saturated rings. The largest absolute Gasteiger partial charge is 0.489 e. The van der Waals surface area contributed by atoms with Gasteiger partial charge in [0.1, 0.15) is 0 Å². The van der Waals surface area contributed by atoms with Gasteiger partial charge in [-0.15, -0.1) is 0 Å². The molecule has 1 aliphatic heterocycles. The number of aromatic nitrogens is 1. The van der Waals surface area contributed by atoms with Crippen molar-refractivity contribution in [3.8, 4) is 16.9 Å². The number of nitrogens with two attached hydrogens (primary N) is 1. The van der Waals surface area contributed by atoms with Gasteiger partial charge in [-0.2, -0.15) is 0 Å². The monoisotopic (exact) mass is 484 g/mol. The number of amides is 1. The van der Waals surface area contributed by atoms with Crippen molar-refractivity contribution in [3.05, 3.63) is 75.9 Å². The van der Waals surface area contributed by atoms with Gasteiger partial charge in [-0.1, -0.05) is 41.4 Å². The first-order valence-electron chi connectivity index (χ1n) is 10.8. The molecule has 1 saturated heterocycles. The standard InChI is InChI=1S/C25H26Cl2N4O2/c1-30-10-12-31(13-11-30)25(32)18-7-5-17(6-8-18)19-15-23(24(28)29-16-19)33-14-9-20-21(26)3-2-4-22(20)27/h2-8,15-16H,9-14H2,1H3,(H2,28,29). The highest BCUT2D eigenvalue weighted by Gasteiger charge is 2.20. The minimum Gasteiger partial charge on any atom is -0.489 e. The van der Waals surface area contributed by atoms with Gasteiger partial charge in [0.05, 0.1) is 6.61 Å². The van der Waals surface area contributed by atoms with E-state index in [2.05, 4.69) is 16.9 Å². The molecule has 2 aromatic carbocycles. The van der Waals surface area contributed by atoms with Crippen LogP contribution in [0.5, 0.6) is 5.75 Å². The lowest BCUT2D eigenvalue weighted by Gasteiger charge is -2.32. The first kappa shape index (κ1) is 23.4. The maximum atomic E-state index is 12.8. The lowest BCUT2D eigenvalue weighted by atomic mass is 10.0. The van der Waals surface area contributed by atoms with E-state index in [9.17, 15) is 4.79 Å². The summed E-state index contributed by atoms with van der Waals surface area (Å²) >= 11 is 12.5. The molecule has 1 amide bonds. The van der Waals surface area contributed by atoms with E-state index in [0.29, 0.717) is 40.2 Å². The summed E-state index contributed by atoms with van der Waals surface area (Å²) in [6.45, 7) is 3.65. The fourth-order valence-corrected chi connectivity index (χ4v) is 4.35. The Balaban J connectivity index is 1.43. The van der Waals surface area contributed by atoms with Crippen LogP contribution in [-0.2, 0) is 6.42 Å². The van der Waals surface area contributed by atoms with Gasteiger partial charge in [-0.3, -0.25) is 4.79 Å². The molecule has 1 aromatic heterocycles. The number of carbonyl (C=O) groups excluding carboxylic acids is 1. The van der Waals surface area contributed by atoms with E-state index < -0.39 is 0 Å². The van der Waals surface area contributed by atoms with Crippen molar-refractivity contribution in [1.29, 1.82) is 0 Å². The SMILES string of the molecule is CN1CCN(C(=O)c2ccc(-c3cnc(N)c(OCCc4c(Cl)cccc4Cl)c3)cc2)CC1. The minimum atomic E-state index is 0.0623. The number of hydrogen-bond donors (Lipinski definition) is 1. The summed E-state index contributed by atoms with van der Waals surface area (Å²) in [4.78, 5) is 21.2. The molecule has 8 heteroatoms. The molecule has 0 saturated carbocycles. The Hall–Kier alpha value is -2.80. The minimum absolute atomic E-state index is 0.0623. The molecule has 4 rings (SSSR count). The molecule has 33 heavy (non-hydrogen) atoms. The van der Waals surface area contributed by atoms with E-state index in [1.807, 2.05) is 41.3 Å². The molecule has 172 valence electrons. The third-order valence-electron chi connectivity index (χ3n) is 5.81. The number of anilines is 1. The van der Waals surface area contributed by atoms with Crippen molar-refractivity contribution in [2.24, 2.45) is 0 Å². The number of benzene rings is 2. The van der Waals surface area contributed by atoms with E-state index in [1.165, 1.54) is 0 Å². The second kappa shape index (κ2) is 10.4. The Morgan fingerprint density at radius 1 is 1.03 bits per heavy atom. The summed E-state index contributed by atoms with van der Waals surface area (Å²) in [7, 11) is 2.07. The zero-order valence-corrected chi connectivity index (χ0v) is 19.9. The maximum absolute atomic E-state index is 12.8. The number of hydrogen-bond acceptors (Lipinski definition) is 5. The Morgan fingerprint density at radius 2 is 1.70 bits per heavy atom. The maximum Gasteiger partial charge on any atom is 0.253 e. The number of ether oxygens (including phenoxy) is 1. The van der Waals surface area contributed by atoms with Gasteiger partial charge in [0.2, 0.25) is 0 Å². The van der Waals surface area contributed by atoms with Crippen LogP contribution in [0.1, 0.15) is 15.9 Å². The summed E-state index contributed by atoms with van der Waals surface area (Å²) in [5.74, 6) is 0.867. The van der Waals surface area contributed by atoms with Crippen LogP contribution >= 0.6 is 23.2 Å². The Bertz CT molecular complexity index is 1110. The zero-order valence-electron chi connectivity index (χ0n) is 18.4. The number of rotatable bonds is 6. The van der Waals surface area contributed by atoms with Gasteiger partial charge in [-0.05, 0) is 48.5 Å². The summed E-state index contributed by atoms with van der Waals surface area (Å²) in [6, 6.07) is 14.8. The highest BCUT2D eigenvalue weighted by molar-refractivity contribution is 6.36. The fourth-order valence-electron chi connectivity index (χ4n) is 3.76. The Labute approximate surface area is 203 Å². The number of likely N-dealkylation sites (N-methyl/N-ethyl adjacent to an activating group) is 1. The van der Waals surface area contributed by atoms with E-state index in [0.717, 1.165) is 42.9 Å². The van der Waals surface area contributed by atoms with Crippen LogP contribution < -0.4 is 10.5 Å². The molecular weight excluding hydrogens is 459 g/mol. The lowest BCUT2D eigenvalue weighted by Crippen LogP contribution is -2.47. The lowest BCUT2D eigenvalue weighted by molar-refractivity contribution is 0.0664. The summed E-state index contributed by atoms with van der Waals surface area (Å²) in [6.07, 6.45) is 2.25. The zero-order chi connectivity index (χ0) is 23.4. The molecule has 6 nitrogen and oxygen atoms in total. The van der Waals surface area contributed by atoms with Gasteiger partial charge in [0, 0.05) is 60.0 Å². The molecule has 0 atom stereocenters. The van der Waals surface area contributed by atoms with E-state index in [1.54, 1.807) is 18.3 Å².